The lowest BCUT2D eigenvalue weighted by molar-refractivity contribution is -0.131. The Kier molecular flexibility index (Phi) is 6.79. The van der Waals surface area contributed by atoms with Crippen molar-refractivity contribution in [2.45, 2.75) is 39.2 Å². The second-order valence-corrected chi connectivity index (χ2v) is 5.18. The molecule has 2 rings (SSSR count). The standard InChI is InChI=1S/C13H17NO.C4H8O2/c1-9(15-3)12-7-10-5-4-6-11(10)8-13(12)14-2;1-4(2)6-3-5/h7-8,14H,1,4-6H2,2-3H3;3-4H,1-2H3. The van der Waals surface area contributed by atoms with Gasteiger partial charge in [-0.15, -0.1) is 0 Å². The molecule has 4 heteroatoms. The number of aryl methyl sites for hydroxylation is 2. The van der Waals surface area contributed by atoms with E-state index in [1.54, 1.807) is 21.0 Å². The topological polar surface area (TPSA) is 47.6 Å². The number of hydrogen-bond acceptors (Lipinski definition) is 4. The number of fused-ring (bicyclic) bond motifs is 1. The van der Waals surface area contributed by atoms with Crippen LogP contribution in [0.5, 0.6) is 0 Å². The van der Waals surface area contributed by atoms with Crippen LogP contribution in [0.4, 0.5) is 5.69 Å². The van der Waals surface area contributed by atoms with Gasteiger partial charge in [-0.3, -0.25) is 4.79 Å². The Morgan fingerprint density at radius 1 is 1.33 bits per heavy atom. The highest BCUT2D eigenvalue weighted by molar-refractivity contribution is 5.73. The molecule has 1 N–H and O–H groups in total. The summed E-state index contributed by atoms with van der Waals surface area (Å²) in [6.07, 6.45) is 3.68. The van der Waals surface area contributed by atoms with Crippen molar-refractivity contribution in [3.8, 4) is 0 Å². The lowest BCUT2D eigenvalue weighted by Crippen LogP contribution is -1.98. The van der Waals surface area contributed by atoms with Crippen molar-refractivity contribution in [2.75, 3.05) is 19.5 Å². The summed E-state index contributed by atoms with van der Waals surface area (Å²) in [5.41, 5.74) is 5.11. The van der Waals surface area contributed by atoms with Gasteiger partial charge in [-0.1, -0.05) is 6.58 Å². The van der Waals surface area contributed by atoms with Gasteiger partial charge in [0.25, 0.3) is 6.47 Å². The summed E-state index contributed by atoms with van der Waals surface area (Å²) >= 11 is 0. The Balaban J connectivity index is 0.000000315. The number of ether oxygens (including phenoxy) is 2. The molecular formula is C17H25NO3. The summed E-state index contributed by atoms with van der Waals surface area (Å²) in [4.78, 5) is 9.39. The van der Waals surface area contributed by atoms with Gasteiger partial charge in [-0.2, -0.15) is 0 Å². The molecule has 1 aliphatic carbocycles. The van der Waals surface area contributed by atoms with Crippen molar-refractivity contribution in [3.05, 3.63) is 35.4 Å². The van der Waals surface area contributed by atoms with E-state index in [0.29, 0.717) is 6.47 Å². The fourth-order valence-corrected chi connectivity index (χ4v) is 2.28. The van der Waals surface area contributed by atoms with Gasteiger partial charge < -0.3 is 14.8 Å². The van der Waals surface area contributed by atoms with Crippen molar-refractivity contribution in [3.63, 3.8) is 0 Å². The minimum Gasteiger partial charge on any atom is -0.497 e. The van der Waals surface area contributed by atoms with Gasteiger partial charge in [0.15, 0.2) is 0 Å². The summed E-state index contributed by atoms with van der Waals surface area (Å²) in [5.74, 6) is 0.731. The van der Waals surface area contributed by atoms with Gasteiger partial charge in [0.05, 0.1) is 13.2 Å². The van der Waals surface area contributed by atoms with Gasteiger partial charge in [0.2, 0.25) is 0 Å². The number of nitrogens with one attached hydrogen (secondary N) is 1. The molecule has 0 aliphatic heterocycles. The summed E-state index contributed by atoms with van der Waals surface area (Å²) in [7, 11) is 3.60. The normalized spacial score (nSPS) is 12.0. The quantitative estimate of drug-likeness (QED) is 0.667. The van der Waals surface area contributed by atoms with Gasteiger partial charge in [-0.05, 0) is 56.4 Å². The maximum absolute atomic E-state index is 9.39. The first-order valence-corrected chi connectivity index (χ1v) is 7.19. The minimum atomic E-state index is 0.0301. The van der Waals surface area contributed by atoms with E-state index in [0.717, 1.165) is 17.0 Å². The van der Waals surface area contributed by atoms with Crippen LogP contribution >= 0.6 is 0 Å². The molecule has 0 heterocycles. The van der Waals surface area contributed by atoms with Gasteiger partial charge in [-0.25, -0.2) is 0 Å². The van der Waals surface area contributed by atoms with Crippen LogP contribution in [0.1, 0.15) is 37.0 Å². The summed E-state index contributed by atoms with van der Waals surface area (Å²) < 4.78 is 9.57. The molecule has 0 atom stereocenters. The molecule has 116 valence electrons. The van der Waals surface area contributed by atoms with E-state index in [2.05, 4.69) is 28.8 Å². The number of rotatable bonds is 5. The zero-order valence-electron chi connectivity index (χ0n) is 13.4. The first-order chi connectivity index (χ1) is 10.0. The Bertz CT molecular complexity index is 495. The summed E-state index contributed by atoms with van der Waals surface area (Å²) in [5, 5.41) is 3.20. The Morgan fingerprint density at radius 2 is 1.95 bits per heavy atom. The monoisotopic (exact) mass is 291 g/mol. The average Bonchev–Trinajstić information content (AvgIpc) is 2.92. The highest BCUT2D eigenvalue weighted by Gasteiger charge is 2.15. The molecular weight excluding hydrogens is 266 g/mol. The number of anilines is 1. The van der Waals surface area contributed by atoms with E-state index in [1.165, 1.54) is 30.4 Å². The van der Waals surface area contributed by atoms with Crippen LogP contribution in [-0.4, -0.2) is 26.7 Å². The molecule has 21 heavy (non-hydrogen) atoms. The van der Waals surface area contributed by atoms with Crippen molar-refractivity contribution >= 4 is 17.9 Å². The Morgan fingerprint density at radius 3 is 2.38 bits per heavy atom. The van der Waals surface area contributed by atoms with Crippen LogP contribution < -0.4 is 5.32 Å². The smallest absolute Gasteiger partial charge is 0.293 e. The zero-order chi connectivity index (χ0) is 15.8. The van der Waals surface area contributed by atoms with Crippen LogP contribution in [0.3, 0.4) is 0 Å². The van der Waals surface area contributed by atoms with E-state index in [4.69, 9.17) is 4.74 Å². The van der Waals surface area contributed by atoms with E-state index < -0.39 is 0 Å². The van der Waals surface area contributed by atoms with E-state index in [1.807, 2.05) is 7.05 Å². The molecule has 0 fully saturated rings. The fourth-order valence-electron chi connectivity index (χ4n) is 2.28. The van der Waals surface area contributed by atoms with Crippen molar-refractivity contribution in [1.82, 2.24) is 0 Å². The zero-order valence-corrected chi connectivity index (χ0v) is 13.4. The highest BCUT2D eigenvalue weighted by Crippen LogP contribution is 2.31. The number of methoxy groups -OCH3 is 1. The molecule has 1 aromatic rings. The fraction of sp³-hybridized carbons (Fsp3) is 0.471. The molecule has 0 saturated heterocycles. The van der Waals surface area contributed by atoms with Crippen LogP contribution in [-0.2, 0) is 27.1 Å². The lowest BCUT2D eigenvalue weighted by Gasteiger charge is -2.13. The van der Waals surface area contributed by atoms with Crippen LogP contribution in [0, 0.1) is 0 Å². The number of carbonyl (C=O) groups is 1. The number of carbonyl (C=O) groups excluding carboxylic acids is 1. The molecule has 0 aromatic heterocycles. The summed E-state index contributed by atoms with van der Waals surface area (Å²) in [6.45, 7) is 7.96. The molecule has 0 radical (unpaired) electrons. The predicted molar refractivity (Wildman–Crippen MR) is 86.3 cm³/mol. The van der Waals surface area contributed by atoms with Crippen molar-refractivity contribution in [2.24, 2.45) is 0 Å². The minimum absolute atomic E-state index is 0.0301. The van der Waals surface area contributed by atoms with Crippen LogP contribution in [0.25, 0.3) is 5.76 Å². The third-order valence-corrected chi connectivity index (χ3v) is 3.38. The SMILES string of the molecule is C=C(OC)c1cc2c(cc1NC)CCC2.CC(C)OC=O. The average molecular weight is 291 g/mol. The molecule has 0 saturated carbocycles. The second kappa shape index (κ2) is 8.35. The molecule has 0 spiro atoms. The second-order valence-electron chi connectivity index (χ2n) is 5.18. The van der Waals surface area contributed by atoms with Gasteiger partial charge in [0, 0.05) is 18.3 Å². The molecule has 0 bridgehead atoms. The molecule has 0 amide bonds. The predicted octanol–water partition coefficient (Wildman–Crippen LogP) is 3.40. The van der Waals surface area contributed by atoms with Crippen molar-refractivity contribution < 1.29 is 14.3 Å². The van der Waals surface area contributed by atoms with Gasteiger partial charge in [0.1, 0.15) is 5.76 Å². The first kappa shape index (κ1) is 17.1. The first-order valence-electron chi connectivity index (χ1n) is 7.19. The van der Waals surface area contributed by atoms with Crippen molar-refractivity contribution in [1.29, 1.82) is 0 Å². The number of hydrogen-bond donors (Lipinski definition) is 1. The maximum Gasteiger partial charge on any atom is 0.293 e. The van der Waals surface area contributed by atoms with E-state index in [9.17, 15) is 4.79 Å². The lowest BCUT2D eigenvalue weighted by atomic mass is 10.0. The summed E-state index contributed by atoms with van der Waals surface area (Å²) in [6, 6.07) is 4.43. The van der Waals surface area contributed by atoms with E-state index >= 15 is 0 Å². The van der Waals surface area contributed by atoms with Gasteiger partial charge >= 0.3 is 0 Å². The molecule has 1 aromatic carbocycles. The Hall–Kier alpha value is -1.97. The molecule has 4 nitrogen and oxygen atoms in total. The molecule has 0 unspecified atom stereocenters. The van der Waals surface area contributed by atoms with Crippen LogP contribution in [0.15, 0.2) is 18.7 Å². The number of benzene rings is 1. The largest absolute Gasteiger partial charge is 0.497 e. The van der Waals surface area contributed by atoms with E-state index in [-0.39, 0.29) is 6.10 Å². The maximum atomic E-state index is 9.39. The molecule has 1 aliphatic rings. The van der Waals surface area contributed by atoms with Crippen LogP contribution in [0.2, 0.25) is 0 Å². The highest BCUT2D eigenvalue weighted by atomic mass is 16.5. The third-order valence-electron chi connectivity index (χ3n) is 3.38. The third kappa shape index (κ3) is 4.81. The Labute approximate surface area is 127 Å².